The smallest absolute Gasteiger partial charge is 0.485 e. The lowest BCUT2D eigenvalue weighted by Crippen LogP contribution is -2.41. The number of hydrogen-bond donors (Lipinski definition) is 0. The van der Waals surface area contributed by atoms with Gasteiger partial charge in [0.1, 0.15) is 0 Å². The van der Waals surface area contributed by atoms with E-state index in [1.165, 1.54) is 78.4 Å². The van der Waals surface area contributed by atoms with Gasteiger partial charge in [-0.05, 0) is 135 Å². The van der Waals surface area contributed by atoms with Gasteiger partial charge in [0.05, 0.1) is 12.8 Å². The van der Waals surface area contributed by atoms with E-state index in [0.717, 1.165) is 38.8 Å². The van der Waals surface area contributed by atoms with Gasteiger partial charge in [0.25, 0.3) is 0 Å². The lowest BCUT2D eigenvalue weighted by molar-refractivity contribution is -0.704. The van der Waals surface area contributed by atoms with Crippen LogP contribution in [-0.2, 0) is 59.0 Å². The van der Waals surface area contributed by atoms with Crippen LogP contribution in [0.1, 0.15) is 78.4 Å². The Morgan fingerprint density at radius 3 is 1.03 bits per heavy atom. The maximum atomic E-state index is 10.7. The van der Waals surface area contributed by atoms with Crippen LogP contribution in [0.2, 0.25) is 0 Å². The topological polar surface area (TPSA) is 122 Å². The first-order valence-electron chi connectivity index (χ1n) is 20.3. The number of hydrogen-bond acceptors (Lipinski definition) is 10. The van der Waals surface area contributed by atoms with Crippen molar-refractivity contribution in [3.8, 4) is 0 Å². The van der Waals surface area contributed by atoms with E-state index in [9.17, 15) is 26.3 Å². The fraction of sp³-hybridized carbons (Fsp3) is 0.167. The molecule has 0 N–H and O–H groups in total. The van der Waals surface area contributed by atoms with E-state index in [-0.39, 0.29) is 0 Å². The summed E-state index contributed by atoms with van der Waals surface area (Å²) in [6.07, 6.45) is 22.1. The first-order valence-corrected chi connectivity index (χ1v) is 26.9. The average Bonchev–Trinajstić information content (AvgIpc) is 4.12. The monoisotopic (exact) mass is 1040 g/mol. The normalized spacial score (nSPS) is 14.1. The third kappa shape index (κ3) is 13.3. The molecule has 0 unspecified atom stereocenters. The highest BCUT2D eigenvalue weighted by Gasteiger charge is 2.37. The first-order chi connectivity index (χ1) is 32.2. The van der Waals surface area contributed by atoms with Crippen LogP contribution in [0.25, 0.3) is 48.6 Å². The zero-order chi connectivity index (χ0) is 48.7. The van der Waals surface area contributed by atoms with Gasteiger partial charge >= 0.3 is 11.0 Å². The minimum atomic E-state index is -6.09. The van der Waals surface area contributed by atoms with Gasteiger partial charge in [-0.15, -0.1) is 0 Å². The lowest BCUT2D eigenvalue weighted by Gasteiger charge is -2.13. The molecule has 0 bridgehead atoms. The molecule has 7 aromatic rings. The number of aromatic nitrogens is 2. The second-order valence-corrected chi connectivity index (χ2v) is 21.1. The van der Waals surface area contributed by atoms with E-state index < -0.39 is 31.3 Å². The second kappa shape index (κ2) is 21.5. The molecule has 0 radical (unpaired) electrons. The number of thiophene rings is 4. The van der Waals surface area contributed by atoms with Crippen LogP contribution in [0.3, 0.4) is 0 Å². The number of halogens is 6. The summed E-state index contributed by atoms with van der Waals surface area (Å²) in [5, 5.41) is 17.4. The molecule has 0 fully saturated rings. The van der Waals surface area contributed by atoms with Gasteiger partial charge in [0.15, 0.2) is 44.7 Å². The minimum absolute atomic E-state index is 0.931. The molecule has 0 aliphatic carbocycles. The van der Waals surface area contributed by atoms with Crippen molar-refractivity contribution in [1.29, 1.82) is 0 Å². The fourth-order valence-electron chi connectivity index (χ4n) is 7.51. The van der Waals surface area contributed by atoms with E-state index in [0.29, 0.717) is 0 Å². The van der Waals surface area contributed by atoms with Gasteiger partial charge in [-0.1, -0.05) is 36.4 Å². The summed E-state index contributed by atoms with van der Waals surface area (Å²) >= 11 is 6.98. The van der Waals surface area contributed by atoms with Crippen LogP contribution in [0.15, 0.2) is 104 Å². The van der Waals surface area contributed by atoms with Gasteiger partial charge in [0.2, 0.25) is 11.4 Å². The summed E-state index contributed by atoms with van der Waals surface area (Å²) in [5.74, 6) is 0. The molecule has 0 amide bonds. The Bertz CT molecular complexity index is 2980. The summed E-state index contributed by atoms with van der Waals surface area (Å²) in [6, 6.07) is 23.2. The number of alkyl halides is 6. The summed E-state index contributed by atoms with van der Waals surface area (Å²) in [4.78, 5) is 0. The summed E-state index contributed by atoms with van der Waals surface area (Å²) in [6.45, 7) is 1.94. The maximum Gasteiger partial charge on any atom is 0.485 e. The largest absolute Gasteiger partial charge is 0.741 e. The van der Waals surface area contributed by atoms with Crippen LogP contribution in [0, 0.1) is 0 Å². The molecule has 354 valence electrons. The van der Waals surface area contributed by atoms with Crippen molar-refractivity contribution in [2.75, 3.05) is 0 Å². The molecule has 0 saturated heterocycles. The average molecular weight is 1050 g/mol. The van der Waals surface area contributed by atoms with E-state index in [4.69, 9.17) is 25.9 Å². The molecule has 2 aliphatic heterocycles. The highest BCUT2D eigenvalue weighted by Crippen LogP contribution is 2.31. The Morgan fingerprint density at radius 2 is 0.750 bits per heavy atom. The summed E-state index contributed by atoms with van der Waals surface area (Å²) in [5.41, 5.74) is 7.55. The quantitative estimate of drug-likeness (QED) is 0.0647. The van der Waals surface area contributed by atoms with Gasteiger partial charge in [-0.3, -0.25) is 0 Å². The third-order valence-electron chi connectivity index (χ3n) is 10.7. The predicted octanol–water partition coefficient (Wildman–Crippen LogP) is 11.6. The molecule has 8 nitrogen and oxygen atoms in total. The highest BCUT2D eigenvalue weighted by atomic mass is 32.2. The Labute approximate surface area is 405 Å². The zero-order valence-electron chi connectivity index (χ0n) is 35.3. The molecular weight excluding hydrogens is 1010 g/mol. The molecule has 1 aromatic carbocycles. The Morgan fingerprint density at radius 1 is 0.456 bits per heavy atom. The van der Waals surface area contributed by atoms with Crippen LogP contribution >= 0.6 is 45.3 Å². The zero-order valence-corrected chi connectivity index (χ0v) is 40.2. The van der Waals surface area contributed by atoms with Gasteiger partial charge < -0.3 is 9.11 Å². The molecule has 68 heavy (non-hydrogen) atoms. The van der Waals surface area contributed by atoms with Gasteiger partial charge in [-0.25, -0.2) is 16.8 Å². The number of benzene rings is 1. The molecular formula is C48H38F6N2O6S6. The molecule has 8 heterocycles. The lowest BCUT2D eigenvalue weighted by atomic mass is 9.88. The van der Waals surface area contributed by atoms with Crippen molar-refractivity contribution in [3.05, 3.63) is 182 Å². The molecule has 0 atom stereocenters. The fourth-order valence-corrected chi connectivity index (χ4v) is 10.0. The van der Waals surface area contributed by atoms with Crippen LogP contribution in [0.4, 0.5) is 26.3 Å². The van der Waals surface area contributed by atoms with Crippen molar-refractivity contribution in [3.63, 3.8) is 0 Å². The SMILES string of the molecule is C(=C\c1cc(/C=C/c2ccsc2)[n+]2c(c1)Cc1c(ccc3c1Cc1cc(/C=C/c4ccsc4)cc(/C=C/c4ccsc4)[n+]1CC3)CC2)/c1ccsc1.O=S(=O)([O-])C(F)(F)F.O=S(=O)([O-])C(F)(F)F. The maximum absolute atomic E-state index is 10.7. The van der Waals surface area contributed by atoms with Crippen molar-refractivity contribution in [1.82, 2.24) is 0 Å². The Hall–Kier alpha value is -5.32. The second-order valence-electron chi connectivity index (χ2n) is 15.3. The van der Waals surface area contributed by atoms with Crippen molar-refractivity contribution >= 4 is 114 Å². The number of pyridine rings is 2. The van der Waals surface area contributed by atoms with Crippen molar-refractivity contribution < 1.29 is 61.4 Å². The third-order valence-corrected chi connectivity index (χ3v) is 14.7. The molecule has 9 rings (SSSR count). The standard InChI is InChI=1S/C46H38N2S4.2CHF3O3S/c1(33-13-19-49-29-33)3-37-23-41(9-5-35-15-21-51-31-35)47-17-11-39-7-8-40-12-18-48-42(10-6-36-16-22-52-32-36)24-38(4-2-34-14-20-50-30-34)26-44(48)28-46(40)45(39)27-43(47)25-37;2*2-1(3,4)8(5,6)7/h1-10,13-16,19-26,29-32H,11-12,17-18,27-28H2;2*(H,5,6,7)/q+2;;/p-2/b3-1+,4-2+,9-5+,10-6+;;. The van der Waals surface area contributed by atoms with E-state index in [1.807, 2.05) is 0 Å². The minimum Gasteiger partial charge on any atom is -0.741 e. The summed E-state index contributed by atoms with van der Waals surface area (Å²) < 4.78 is 123. The first kappa shape index (κ1) is 50.6. The summed E-state index contributed by atoms with van der Waals surface area (Å²) in [7, 11) is -12.2. The number of rotatable bonds is 8. The molecule has 20 heteroatoms. The van der Waals surface area contributed by atoms with Crippen LogP contribution < -0.4 is 9.13 Å². The van der Waals surface area contributed by atoms with E-state index in [1.54, 1.807) is 45.3 Å². The van der Waals surface area contributed by atoms with Crippen molar-refractivity contribution in [2.45, 2.75) is 49.8 Å². The highest BCUT2D eigenvalue weighted by molar-refractivity contribution is 7.86. The van der Waals surface area contributed by atoms with E-state index >= 15 is 0 Å². The number of aryl methyl sites for hydroxylation is 2. The van der Waals surface area contributed by atoms with Crippen LogP contribution in [-0.4, -0.2) is 37.0 Å². The predicted molar refractivity (Wildman–Crippen MR) is 257 cm³/mol. The Kier molecular flexibility index (Phi) is 16.0. The number of nitrogens with zero attached hydrogens (tertiary/aromatic N) is 2. The Balaban J connectivity index is 0.000000368. The van der Waals surface area contributed by atoms with Crippen LogP contribution in [0.5, 0.6) is 0 Å². The van der Waals surface area contributed by atoms with Crippen molar-refractivity contribution in [2.24, 2.45) is 0 Å². The van der Waals surface area contributed by atoms with E-state index in [2.05, 4.69) is 161 Å². The molecule has 0 saturated carbocycles. The molecule has 0 spiro atoms. The molecule has 2 aliphatic rings. The van der Waals surface area contributed by atoms with Gasteiger partial charge in [0, 0.05) is 49.3 Å². The van der Waals surface area contributed by atoms with Gasteiger partial charge in [-0.2, -0.15) is 80.8 Å². The number of fused-ring (bicyclic) bond motifs is 5. The molecule has 6 aromatic heterocycles.